The van der Waals surface area contributed by atoms with Crippen molar-refractivity contribution in [3.05, 3.63) is 34.3 Å². The molecule has 1 saturated heterocycles. The highest BCUT2D eigenvalue weighted by Crippen LogP contribution is 2.19. The van der Waals surface area contributed by atoms with Gasteiger partial charge >= 0.3 is 0 Å². The van der Waals surface area contributed by atoms with E-state index >= 15 is 0 Å². The van der Waals surface area contributed by atoms with Gasteiger partial charge in [-0.15, -0.1) is 10.2 Å². The van der Waals surface area contributed by atoms with Gasteiger partial charge in [0.25, 0.3) is 15.9 Å². The summed E-state index contributed by atoms with van der Waals surface area (Å²) in [5, 5.41) is 18.6. The van der Waals surface area contributed by atoms with Crippen LogP contribution in [-0.2, 0) is 30.8 Å². The standard InChI is InChI=1S/C16H18BrN5O5S2/c17-11-5-3-4-10(8-11)9-12(22-27-13-6-1-2-7-26-13)14(23)19-15-20-21-16(28-15)29(18,24)25/h3-5,8,13H,1-2,6-7,9H2,(H2,18,24,25)(H,19,20,23)/b22-12+. The predicted octanol–water partition coefficient (Wildman–Crippen LogP) is 2.03. The number of amides is 1. The third-order valence-electron chi connectivity index (χ3n) is 3.81. The van der Waals surface area contributed by atoms with E-state index in [1.807, 2.05) is 24.3 Å². The van der Waals surface area contributed by atoms with Gasteiger partial charge < -0.3 is 9.57 Å². The molecule has 1 unspecified atom stereocenters. The number of rotatable bonds is 7. The minimum atomic E-state index is -4.00. The second-order valence-electron chi connectivity index (χ2n) is 6.12. The van der Waals surface area contributed by atoms with Gasteiger partial charge in [0, 0.05) is 17.3 Å². The van der Waals surface area contributed by atoms with Crippen LogP contribution >= 0.6 is 27.3 Å². The molecule has 29 heavy (non-hydrogen) atoms. The SMILES string of the molecule is NS(=O)(=O)c1nnc(NC(=O)/C(Cc2cccc(Br)c2)=N/OC2CCCCO2)s1. The van der Waals surface area contributed by atoms with Crippen LogP contribution in [0.2, 0.25) is 0 Å². The smallest absolute Gasteiger partial charge is 0.275 e. The highest BCUT2D eigenvalue weighted by Gasteiger charge is 2.21. The maximum absolute atomic E-state index is 12.7. The van der Waals surface area contributed by atoms with E-state index < -0.39 is 26.6 Å². The third kappa shape index (κ3) is 6.54. The second-order valence-corrected chi connectivity index (χ2v) is 9.75. The molecule has 1 aliphatic heterocycles. The van der Waals surface area contributed by atoms with Crippen LogP contribution in [0.15, 0.2) is 38.2 Å². The molecule has 156 valence electrons. The molecule has 0 saturated carbocycles. The first-order valence-corrected chi connectivity index (χ1v) is 11.7. The number of nitrogens with zero attached hydrogens (tertiary/aromatic N) is 3. The van der Waals surface area contributed by atoms with E-state index in [1.165, 1.54) is 0 Å². The Hall–Kier alpha value is -1.93. The molecule has 0 aliphatic carbocycles. The van der Waals surface area contributed by atoms with E-state index in [0.29, 0.717) is 24.4 Å². The fourth-order valence-corrected chi connectivity index (χ4v) is 4.23. The Balaban J connectivity index is 1.76. The summed E-state index contributed by atoms with van der Waals surface area (Å²) < 4.78 is 28.6. The molecule has 1 aromatic carbocycles. The first-order valence-electron chi connectivity index (χ1n) is 8.57. The maximum Gasteiger partial charge on any atom is 0.275 e. The van der Waals surface area contributed by atoms with Crippen molar-refractivity contribution in [2.45, 2.75) is 36.3 Å². The Labute approximate surface area is 179 Å². The van der Waals surface area contributed by atoms with Gasteiger partial charge in [0.15, 0.2) is 0 Å². The first kappa shape index (κ1) is 21.8. The number of benzene rings is 1. The zero-order valence-electron chi connectivity index (χ0n) is 15.1. The maximum atomic E-state index is 12.7. The highest BCUT2D eigenvalue weighted by molar-refractivity contribution is 9.10. The number of anilines is 1. The number of hydrogen-bond donors (Lipinski definition) is 2. The minimum absolute atomic E-state index is 0.0186. The summed E-state index contributed by atoms with van der Waals surface area (Å²) >= 11 is 4.03. The molecule has 1 atom stereocenters. The summed E-state index contributed by atoms with van der Waals surface area (Å²) in [5.41, 5.74) is 0.897. The summed E-state index contributed by atoms with van der Waals surface area (Å²) in [7, 11) is -4.00. The third-order valence-corrected chi connectivity index (χ3v) is 6.45. The van der Waals surface area contributed by atoms with E-state index in [-0.39, 0.29) is 17.3 Å². The van der Waals surface area contributed by atoms with E-state index in [4.69, 9.17) is 14.7 Å². The Bertz CT molecular complexity index is 1000. The molecule has 3 rings (SSSR count). The Morgan fingerprint density at radius 1 is 1.41 bits per heavy atom. The van der Waals surface area contributed by atoms with Crippen LogP contribution < -0.4 is 10.5 Å². The van der Waals surface area contributed by atoms with Gasteiger partial charge in [0.2, 0.25) is 15.8 Å². The van der Waals surface area contributed by atoms with Crippen LogP contribution in [0.3, 0.4) is 0 Å². The molecule has 1 aliphatic rings. The average Bonchev–Trinajstić information content (AvgIpc) is 3.15. The molecule has 10 nitrogen and oxygen atoms in total. The number of sulfonamides is 1. The molecule has 13 heteroatoms. The lowest BCUT2D eigenvalue weighted by Gasteiger charge is -2.20. The summed E-state index contributed by atoms with van der Waals surface area (Å²) in [6.07, 6.45) is 2.26. The lowest BCUT2D eigenvalue weighted by molar-refractivity contribution is -0.162. The Morgan fingerprint density at radius 3 is 2.90 bits per heavy atom. The van der Waals surface area contributed by atoms with E-state index in [2.05, 4.69) is 36.6 Å². The molecular weight excluding hydrogens is 486 g/mol. The zero-order valence-corrected chi connectivity index (χ0v) is 18.3. The molecule has 0 radical (unpaired) electrons. The van der Waals surface area contributed by atoms with E-state index in [0.717, 1.165) is 22.9 Å². The molecule has 1 amide bonds. The molecule has 3 N–H and O–H groups in total. The van der Waals surface area contributed by atoms with Gasteiger partial charge in [0.1, 0.15) is 5.71 Å². The largest absolute Gasteiger partial charge is 0.363 e. The number of hydrogen-bond acceptors (Lipinski definition) is 9. The topological polar surface area (TPSA) is 146 Å². The normalized spacial score (nSPS) is 17.7. The molecule has 1 aromatic heterocycles. The van der Waals surface area contributed by atoms with Crippen molar-refractivity contribution >= 4 is 54.0 Å². The number of aromatic nitrogens is 2. The monoisotopic (exact) mass is 503 g/mol. The molecule has 0 bridgehead atoms. The van der Waals surface area contributed by atoms with Gasteiger partial charge in [0.05, 0.1) is 6.61 Å². The average molecular weight is 504 g/mol. The van der Waals surface area contributed by atoms with Gasteiger partial charge in [-0.2, -0.15) is 0 Å². The number of halogens is 1. The number of oxime groups is 1. The van der Waals surface area contributed by atoms with Crippen molar-refractivity contribution in [1.82, 2.24) is 10.2 Å². The lowest BCUT2D eigenvalue weighted by Crippen LogP contribution is -2.27. The molecule has 2 heterocycles. The van der Waals surface area contributed by atoms with E-state index in [1.54, 1.807) is 0 Å². The van der Waals surface area contributed by atoms with Crippen LogP contribution in [0.4, 0.5) is 5.13 Å². The zero-order chi connectivity index (χ0) is 20.9. The quantitative estimate of drug-likeness (QED) is 0.333. The van der Waals surface area contributed by atoms with Crippen molar-refractivity contribution in [2.75, 3.05) is 11.9 Å². The fourth-order valence-electron chi connectivity index (χ4n) is 2.46. The second kappa shape index (κ2) is 9.71. The molecule has 2 aromatic rings. The Kier molecular flexibility index (Phi) is 7.29. The van der Waals surface area contributed by atoms with Gasteiger partial charge in [-0.1, -0.05) is 44.6 Å². The predicted molar refractivity (Wildman–Crippen MR) is 110 cm³/mol. The van der Waals surface area contributed by atoms with Gasteiger partial charge in [-0.05, 0) is 30.5 Å². The summed E-state index contributed by atoms with van der Waals surface area (Å²) in [5.74, 6) is -0.599. The van der Waals surface area contributed by atoms with Crippen LogP contribution in [0, 0.1) is 0 Å². The number of primary sulfonamides is 1. The van der Waals surface area contributed by atoms with Crippen LogP contribution in [0.5, 0.6) is 0 Å². The number of nitrogens with one attached hydrogen (secondary N) is 1. The van der Waals surface area contributed by atoms with Crippen LogP contribution in [0.1, 0.15) is 24.8 Å². The van der Waals surface area contributed by atoms with Crippen molar-refractivity contribution < 1.29 is 22.8 Å². The van der Waals surface area contributed by atoms with E-state index in [9.17, 15) is 13.2 Å². The summed E-state index contributed by atoms with van der Waals surface area (Å²) in [6.45, 7) is 0.578. The van der Waals surface area contributed by atoms with Crippen molar-refractivity contribution in [3.8, 4) is 0 Å². The molecular formula is C16H18BrN5O5S2. The summed E-state index contributed by atoms with van der Waals surface area (Å²) in [4.78, 5) is 18.1. The van der Waals surface area contributed by atoms with Crippen molar-refractivity contribution in [3.63, 3.8) is 0 Å². The number of nitrogens with two attached hydrogens (primary N) is 1. The van der Waals surface area contributed by atoms with Gasteiger partial charge in [-0.25, -0.2) is 13.6 Å². The Morgan fingerprint density at radius 2 is 2.24 bits per heavy atom. The van der Waals surface area contributed by atoms with Crippen molar-refractivity contribution in [2.24, 2.45) is 10.3 Å². The van der Waals surface area contributed by atoms with Crippen molar-refractivity contribution in [1.29, 1.82) is 0 Å². The lowest BCUT2D eigenvalue weighted by atomic mass is 10.1. The number of carbonyl (C=O) groups is 1. The van der Waals surface area contributed by atoms with Crippen LogP contribution in [0.25, 0.3) is 0 Å². The highest BCUT2D eigenvalue weighted by atomic mass is 79.9. The fraction of sp³-hybridized carbons (Fsp3) is 0.375. The van der Waals surface area contributed by atoms with Gasteiger partial charge in [-0.3, -0.25) is 10.1 Å². The molecule has 1 fully saturated rings. The number of carbonyl (C=O) groups excluding carboxylic acids is 1. The first-order chi connectivity index (χ1) is 13.8. The van der Waals surface area contributed by atoms with Crippen LogP contribution in [-0.4, -0.2) is 43.1 Å². The summed E-state index contributed by atoms with van der Waals surface area (Å²) in [6, 6.07) is 7.39. The number of ether oxygens (including phenoxy) is 1. The molecule has 0 spiro atoms. The minimum Gasteiger partial charge on any atom is -0.363 e.